The predicted octanol–water partition coefficient (Wildman–Crippen LogP) is 3.44. The van der Waals surface area contributed by atoms with Crippen molar-refractivity contribution in [2.24, 2.45) is 0 Å². The van der Waals surface area contributed by atoms with Gasteiger partial charge in [0.1, 0.15) is 10.6 Å². The van der Waals surface area contributed by atoms with Crippen LogP contribution in [0.15, 0.2) is 40.8 Å². The molecule has 0 fully saturated rings. The number of fused-ring (bicyclic) bond motifs is 1. The van der Waals surface area contributed by atoms with E-state index >= 15 is 0 Å². The van der Waals surface area contributed by atoms with E-state index in [4.69, 9.17) is 4.74 Å². The van der Waals surface area contributed by atoms with Gasteiger partial charge in [-0.15, -0.1) is 11.3 Å². The first kappa shape index (κ1) is 12.9. The molecule has 1 N–H and O–H groups in total. The molecule has 102 valence electrons. The lowest BCUT2D eigenvalue weighted by molar-refractivity contribution is 0.242. The Morgan fingerprint density at radius 1 is 1.25 bits per heavy atom. The van der Waals surface area contributed by atoms with Gasteiger partial charge in [0.2, 0.25) is 0 Å². The van der Waals surface area contributed by atoms with Gasteiger partial charge in [-0.1, -0.05) is 12.1 Å². The van der Waals surface area contributed by atoms with Gasteiger partial charge in [-0.2, -0.15) is 0 Å². The van der Waals surface area contributed by atoms with E-state index in [2.05, 4.69) is 9.97 Å². The molecule has 2 aromatic heterocycles. The number of rotatable bonds is 3. The van der Waals surface area contributed by atoms with Crippen LogP contribution in [0.4, 0.5) is 0 Å². The number of H-pyrrole nitrogens is 1. The minimum absolute atomic E-state index is 0.103. The molecule has 3 rings (SSSR count). The van der Waals surface area contributed by atoms with Gasteiger partial charge in [-0.05, 0) is 31.5 Å². The molecule has 0 aliphatic heterocycles. The van der Waals surface area contributed by atoms with Crippen molar-refractivity contribution in [3.8, 4) is 16.9 Å². The van der Waals surface area contributed by atoms with Crippen LogP contribution in [0, 0.1) is 0 Å². The molecule has 5 heteroatoms. The number of thiophene rings is 1. The van der Waals surface area contributed by atoms with Crippen LogP contribution in [0.5, 0.6) is 5.75 Å². The molecule has 0 saturated carbocycles. The third-order valence-corrected chi connectivity index (χ3v) is 3.80. The predicted molar refractivity (Wildman–Crippen MR) is 81.4 cm³/mol. The van der Waals surface area contributed by atoms with Gasteiger partial charge < -0.3 is 9.72 Å². The van der Waals surface area contributed by atoms with E-state index in [1.165, 1.54) is 17.7 Å². The maximum Gasteiger partial charge on any atom is 0.260 e. The quantitative estimate of drug-likeness (QED) is 0.802. The zero-order valence-corrected chi connectivity index (χ0v) is 12.0. The molecule has 0 amide bonds. The summed E-state index contributed by atoms with van der Waals surface area (Å²) in [5, 5.41) is 2.61. The van der Waals surface area contributed by atoms with Crippen LogP contribution in [-0.4, -0.2) is 16.1 Å². The van der Waals surface area contributed by atoms with Gasteiger partial charge in [0.15, 0.2) is 0 Å². The number of benzene rings is 1. The van der Waals surface area contributed by atoms with Crippen LogP contribution >= 0.6 is 11.3 Å². The second kappa shape index (κ2) is 5.09. The Morgan fingerprint density at radius 3 is 2.70 bits per heavy atom. The lowest BCUT2D eigenvalue weighted by atomic mass is 10.1. The van der Waals surface area contributed by atoms with Crippen molar-refractivity contribution in [3.63, 3.8) is 0 Å². The number of nitrogens with one attached hydrogen (secondary N) is 1. The molecule has 4 nitrogen and oxygen atoms in total. The lowest BCUT2D eigenvalue weighted by Crippen LogP contribution is -2.06. The first-order chi connectivity index (χ1) is 9.65. The maximum absolute atomic E-state index is 11.9. The molecule has 0 atom stereocenters. The molecule has 0 saturated heterocycles. The van der Waals surface area contributed by atoms with Crippen molar-refractivity contribution in [2.75, 3.05) is 0 Å². The summed E-state index contributed by atoms with van der Waals surface area (Å²) >= 11 is 1.48. The van der Waals surface area contributed by atoms with Crippen molar-refractivity contribution in [1.82, 2.24) is 9.97 Å². The van der Waals surface area contributed by atoms with Crippen molar-refractivity contribution < 1.29 is 4.74 Å². The minimum atomic E-state index is -0.103. The van der Waals surface area contributed by atoms with Crippen molar-refractivity contribution >= 4 is 21.6 Å². The summed E-state index contributed by atoms with van der Waals surface area (Å²) in [5.74, 6) is 0.829. The number of hydrogen-bond donors (Lipinski definition) is 1. The summed E-state index contributed by atoms with van der Waals surface area (Å²) in [5.41, 5.74) is 1.80. The normalized spacial score (nSPS) is 11.2. The Labute approximate surface area is 120 Å². The van der Waals surface area contributed by atoms with Crippen LogP contribution in [0.1, 0.15) is 13.8 Å². The third kappa shape index (κ3) is 2.32. The molecular weight excluding hydrogens is 272 g/mol. The van der Waals surface area contributed by atoms with E-state index in [9.17, 15) is 4.79 Å². The molecule has 20 heavy (non-hydrogen) atoms. The smallest absolute Gasteiger partial charge is 0.260 e. The van der Waals surface area contributed by atoms with Crippen molar-refractivity contribution in [2.45, 2.75) is 20.0 Å². The molecule has 1 aromatic carbocycles. The fourth-order valence-corrected chi connectivity index (χ4v) is 3.00. The van der Waals surface area contributed by atoms with Gasteiger partial charge in [0, 0.05) is 10.9 Å². The molecule has 2 heterocycles. The number of aromatic amines is 1. The molecule has 0 aliphatic carbocycles. The third-order valence-electron chi connectivity index (χ3n) is 2.91. The van der Waals surface area contributed by atoms with Gasteiger partial charge in [-0.3, -0.25) is 4.79 Å². The largest absolute Gasteiger partial charge is 0.491 e. The molecule has 0 unspecified atom stereocenters. The Hall–Kier alpha value is -2.14. The van der Waals surface area contributed by atoms with E-state index in [-0.39, 0.29) is 11.7 Å². The first-order valence-electron chi connectivity index (χ1n) is 6.37. The Balaban J connectivity index is 2.05. The number of hydrogen-bond acceptors (Lipinski definition) is 4. The summed E-state index contributed by atoms with van der Waals surface area (Å²) in [7, 11) is 0. The van der Waals surface area contributed by atoms with E-state index < -0.39 is 0 Å². The molecule has 0 aliphatic rings. The summed E-state index contributed by atoms with van der Waals surface area (Å²) in [4.78, 5) is 19.5. The number of aromatic nitrogens is 2. The SMILES string of the molecule is CC(C)Oc1ccc(-c2csc3nc[nH]c(=O)c23)cc1. The summed E-state index contributed by atoms with van der Waals surface area (Å²) in [6.45, 7) is 3.98. The maximum atomic E-state index is 11.9. The fraction of sp³-hybridized carbons (Fsp3) is 0.200. The second-order valence-corrected chi connectivity index (χ2v) is 5.61. The number of nitrogens with zero attached hydrogens (tertiary/aromatic N) is 1. The Morgan fingerprint density at radius 2 is 2.00 bits per heavy atom. The van der Waals surface area contributed by atoms with Gasteiger partial charge >= 0.3 is 0 Å². The Kier molecular flexibility index (Phi) is 3.28. The van der Waals surface area contributed by atoms with Gasteiger partial charge in [0.25, 0.3) is 5.56 Å². The molecule has 3 aromatic rings. The topological polar surface area (TPSA) is 55.0 Å². The molecule has 0 radical (unpaired) electrons. The highest BCUT2D eigenvalue weighted by molar-refractivity contribution is 7.17. The van der Waals surface area contributed by atoms with Gasteiger partial charge in [0.05, 0.1) is 17.8 Å². The first-order valence-corrected chi connectivity index (χ1v) is 7.25. The van der Waals surface area contributed by atoms with Gasteiger partial charge in [-0.25, -0.2) is 4.98 Å². The van der Waals surface area contributed by atoms with Crippen LogP contribution in [0.2, 0.25) is 0 Å². The summed E-state index contributed by atoms with van der Waals surface area (Å²) in [6.07, 6.45) is 1.58. The van der Waals surface area contributed by atoms with Crippen LogP contribution < -0.4 is 10.3 Å². The zero-order valence-electron chi connectivity index (χ0n) is 11.2. The van der Waals surface area contributed by atoms with Crippen LogP contribution in [0.25, 0.3) is 21.3 Å². The highest BCUT2D eigenvalue weighted by atomic mass is 32.1. The lowest BCUT2D eigenvalue weighted by Gasteiger charge is -2.09. The Bertz CT molecular complexity index is 787. The summed E-state index contributed by atoms with van der Waals surface area (Å²) in [6, 6.07) is 7.77. The average Bonchev–Trinajstić information content (AvgIpc) is 2.84. The molecule has 0 spiro atoms. The van der Waals surface area contributed by atoms with Crippen molar-refractivity contribution in [3.05, 3.63) is 46.3 Å². The van der Waals surface area contributed by atoms with E-state index in [0.717, 1.165) is 21.7 Å². The fourth-order valence-electron chi connectivity index (χ4n) is 2.08. The van der Waals surface area contributed by atoms with Crippen molar-refractivity contribution in [1.29, 1.82) is 0 Å². The van der Waals surface area contributed by atoms with Crippen LogP contribution in [-0.2, 0) is 0 Å². The standard InChI is InChI=1S/C15H14N2O2S/c1-9(2)19-11-5-3-10(4-6-11)12-7-20-15-13(12)14(18)16-8-17-15/h3-9H,1-2H3,(H,16,17,18). The second-order valence-electron chi connectivity index (χ2n) is 4.75. The molecule has 0 bridgehead atoms. The average molecular weight is 286 g/mol. The zero-order chi connectivity index (χ0) is 14.1. The van der Waals surface area contributed by atoms with E-state index in [0.29, 0.717) is 5.39 Å². The summed E-state index contributed by atoms with van der Waals surface area (Å²) < 4.78 is 5.62. The molecular formula is C15H14N2O2S. The monoisotopic (exact) mass is 286 g/mol. The van der Waals surface area contributed by atoms with Crippen LogP contribution in [0.3, 0.4) is 0 Å². The minimum Gasteiger partial charge on any atom is -0.491 e. The number of ether oxygens (including phenoxy) is 1. The van der Waals surface area contributed by atoms with E-state index in [1.54, 1.807) is 0 Å². The van der Waals surface area contributed by atoms with E-state index in [1.807, 2.05) is 43.5 Å². The highest BCUT2D eigenvalue weighted by Crippen LogP contribution is 2.31. The highest BCUT2D eigenvalue weighted by Gasteiger charge is 2.10.